The average molecular weight is 387 g/mol. The fourth-order valence-corrected chi connectivity index (χ4v) is 5.52. The molecule has 1 aliphatic carbocycles. The van der Waals surface area contributed by atoms with Crippen molar-refractivity contribution in [2.45, 2.75) is 49.3 Å². The highest BCUT2D eigenvalue weighted by atomic mass is 32.2. The lowest BCUT2D eigenvalue weighted by Gasteiger charge is -2.13. The Balaban J connectivity index is 1.74. The molecule has 0 amide bonds. The summed E-state index contributed by atoms with van der Waals surface area (Å²) in [6, 6.07) is 3.51. The van der Waals surface area contributed by atoms with Gasteiger partial charge in [-0.1, -0.05) is 25.7 Å². The van der Waals surface area contributed by atoms with Crippen LogP contribution >= 0.6 is 11.3 Å². The van der Waals surface area contributed by atoms with Crippen LogP contribution in [0, 0.1) is 5.92 Å². The molecule has 1 aliphatic rings. The molecule has 0 atom stereocenters. The van der Waals surface area contributed by atoms with Crippen LogP contribution in [0.1, 0.15) is 43.4 Å². The van der Waals surface area contributed by atoms with Gasteiger partial charge < -0.3 is 10.6 Å². The first kappa shape index (κ1) is 20.2. The Morgan fingerprint density at radius 1 is 1.28 bits per heavy atom. The quantitative estimate of drug-likeness (QED) is 0.409. The highest BCUT2D eigenvalue weighted by Gasteiger charge is 2.19. The molecule has 0 aromatic carbocycles. The number of guanidine groups is 1. The molecule has 1 aromatic heterocycles. The molecular formula is C17H30N4O2S2. The van der Waals surface area contributed by atoms with Gasteiger partial charge in [-0.25, -0.2) is 12.7 Å². The molecule has 1 heterocycles. The van der Waals surface area contributed by atoms with Gasteiger partial charge in [0.15, 0.2) is 5.96 Å². The second kappa shape index (κ2) is 9.54. The van der Waals surface area contributed by atoms with Crippen LogP contribution in [0.3, 0.4) is 0 Å². The third kappa shape index (κ3) is 5.97. The van der Waals surface area contributed by atoms with Crippen LogP contribution in [-0.4, -0.2) is 46.4 Å². The molecule has 2 N–H and O–H groups in total. The fourth-order valence-electron chi connectivity index (χ4n) is 3.06. The van der Waals surface area contributed by atoms with Crippen LogP contribution in [0.15, 0.2) is 21.3 Å². The lowest BCUT2D eigenvalue weighted by Crippen LogP contribution is -2.37. The van der Waals surface area contributed by atoms with Crippen molar-refractivity contribution in [3.8, 4) is 0 Å². The van der Waals surface area contributed by atoms with Gasteiger partial charge in [0.1, 0.15) is 4.21 Å². The maximum absolute atomic E-state index is 12.1. The van der Waals surface area contributed by atoms with E-state index >= 15 is 0 Å². The molecule has 0 radical (unpaired) electrons. The summed E-state index contributed by atoms with van der Waals surface area (Å²) in [5.41, 5.74) is 0. The topological polar surface area (TPSA) is 73.8 Å². The van der Waals surface area contributed by atoms with E-state index in [1.165, 1.54) is 47.7 Å². The third-order valence-electron chi connectivity index (χ3n) is 4.58. The summed E-state index contributed by atoms with van der Waals surface area (Å²) >= 11 is 1.29. The fraction of sp³-hybridized carbons (Fsp3) is 0.706. The second-order valence-corrected chi connectivity index (χ2v) is 10.2. The van der Waals surface area contributed by atoms with Gasteiger partial charge in [0.25, 0.3) is 10.0 Å². The molecule has 0 aliphatic heterocycles. The Morgan fingerprint density at radius 3 is 2.64 bits per heavy atom. The Morgan fingerprint density at radius 2 is 2.00 bits per heavy atom. The van der Waals surface area contributed by atoms with E-state index in [4.69, 9.17) is 0 Å². The summed E-state index contributed by atoms with van der Waals surface area (Å²) in [4.78, 5) is 5.20. The first-order valence-corrected chi connectivity index (χ1v) is 11.1. The molecule has 142 valence electrons. The third-order valence-corrected chi connectivity index (χ3v) is 7.95. The van der Waals surface area contributed by atoms with E-state index in [-0.39, 0.29) is 0 Å². The summed E-state index contributed by atoms with van der Waals surface area (Å²) < 4.78 is 25.8. The minimum atomic E-state index is -3.35. The van der Waals surface area contributed by atoms with Crippen LogP contribution in [-0.2, 0) is 16.6 Å². The van der Waals surface area contributed by atoms with E-state index in [2.05, 4.69) is 15.6 Å². The predicted octanol–water partition coefficient (Wildman–Crippen LogP) is 2.63. The molecule has 1 saturated carbocycles. The summed E-state index contributed by atoms with van der Waals surface area (Å²) in [5.74, 6) is 1.68. The van der Waals surface area contributed by atoms with Gasteiger partial charge in [0.2, 0.25) is 0 Å². The van der Waals surface area contributed by atoms with E-state index < -0.39 is 10.0 Å². The maximum atomic E-state index is 12.1. The van der Waals surface area contributed by atoms with Crippen molar-refractivity contribution in [2.24, 2.45) is 10.9 Å². The van der Waals surface area contributed by atoms with Crippen molar-refractivity contribution in [3.05, 3.63) is 17.0 Å². The molecule has 25 heavy (non-hydrogen) atoms. The molecule has 0 bridgehead atoms. The van der Waals surface area contributed by atoms with Gasteiger partial charge in [-0.3, -0.25) is 4.99 Å². The van der Waals surface area contributed by atoms with E-state index in [0.29, 0.717) is 10.8 Å². The number of nitrogens with zero attached hydrogens (tertiary/aromatic N) is 2. The van der Waals surface area contributed by atoms with Crippen LogP contribution in [0.2, 0.25) is 0 Å². The van der Waals surface area contributed by atoms with E-state index in [1.807, 2.05) is 6.07 Å². The Kier molecular flexibility index (Phi) is 7.71. The molecule has 0 spiro atoms. The number of aliphatic imine (C=N–C) groups is 1. The van der Waals surface area contributed by atoms with Crippen molar-refractivity contribution in [2.75, 3.05) is 27.7 Å². The van der Waals surface area contributed by atoms with Crippen LogP contribution < -0.4 is 10.6 Å². The zero-order valence-electron chi connectivity index (χ0n) is 15.4. The SMILES string of the molecule is CN=C(NCCCC1CCCC1)NCc1ccc(S(=O)(=O)N(C)C)s1. The number of rotatable bonds is 8. The van der Waals surface area contributed by atoms with Crippen molar-refractivity contribution >= 4 is 27.3 Å². The summed E-state index contributed by atoms with van der Waals surface area (Å²) in [6.07, 6.45) is 8.03. The summed E-state index contributed by atoms with van der Waals surface area (Å²) in [7, 11) is 1.50. The molecule has 1 aromatic rings. The summed E-state index contributed by atoms with van der Waals surface area (Å²) in [5, 5.41) is 6.58. The predicted molar refractivity (Wildman–Crippen MR) is 105 cm³/mol. The van der Waals surface area contributed by atoms with Crippen LogP contribution in [0.25, 0.3) is 0 Å². The molecule has 2 rings (SSSR count). The number of thiophene rings is 1. The van der Waals surface area contributed by atoms with Crippen molar-refractivity contribution in [1.82, 2.24) is 14.9 Å². The van der Waals surface area contributed by atoms with Crippen LogP contribution in [0.4, 0.5) is 0 Å². The monoisotopic (exact) mass is 386 g/mol. The molecule has 0 unspecified atom stereocenters. The Labute approximate surface area is 155 Å². The first-order chi connectivity index (χ1) is 11.9. The van der Waals surface area contributed by atoms with Gasteiger partial charge in [-0.05, 0) is 30.9 Å². The smallest absolute Gasteiger partial charge is 0.252 e. The molecular weight excluding hydrogens is 356 g/mol. The number of sulfonamides is 1. The van der Waals surface area contributed by atoms with Crippen molar-refractivity contribution < 1.29 is 8.42 Å². The number of nitrogens with one attached hydrogen (secondary N) is 2. The van der Waals surface area contributed by atoms with Crippen molar-refractivity contribution in [3.63, 3.8) is 0 Å². The lowest BCUT2D eigenvalue weighted by molar-refractivity contribution is 0.481. The zero-order valence-corrected chi connectivity index (χ0v) is 17.0. The molecule has 8 heteroatoms. The van der Waals surface area contributed by atoms with Gasteiger partial charge in [0, 0.05) is 32.6 Å². The highest BCUT2D eigenvalue weighted by molar-refractivity contribution is 7.91. The van der Waals surface area contributed by atoms with E-state index in [1.54, 1.807) is 27.2 Å². The Bertz CT molecular complexity index is 662. The zero-order chi connectivity index (χ0) is 18.3. The van der Waals surface area contributed by atoms with E-state index in [0.717, 1.165) is 29.7 Å². The average Bonchev–Trinajstić information content (AvgIpc) is 3.26. The summed E-state index contributed by atoms with van der Waals surface area (Å²) in [6.45, 7) is 1.48. The lowest BCUT2D eigenvalue weighted by atomic mass is 10.0. The van der Waals surface area contributed by atoms with Gasteiger partial charge in [-0.2, -0.15) is 0 Å². The minimum Gasteiger partial charge on any atom is -0.356 e. The van der Waals surface area contributed by atoms with Crippen LogP contribution in [0.5, 0.6) is 0 Å². The first-order valence-electron chi connectivity index (χ1n) is 8.89. The molecule has 1 fully saturated rings. The van der Waals surface area contributed by atoms with Gasteiger partial charge in [-0.15, -0.1) is 11.3 Å². The standard InChI is InChI=1S/C17H30N4O2S2/c1-18-17(19-12-6-9-14-7-4-5-8-14)20-13-15-10-11-16(24-15)25(22,23)21(2)3/h10-11,14H,4-9,12-13H2,1-3H3,(H2,18,19,20). The molecule has 6 nitrogen and oxygen atoms in total. The highest BCUT2D eigenvalue weighted by Crippen LogP contribution is 2.28. The van der Waals surface area contributed by atoms with Crippen molar-refractivity contribution in [1.29, 1.82) is 0 Å². The number of hydrogen-bond acceptors (Lipinski definition) is 4. The largest absolute Gasteiger partial charge is 0.356 e. The van der Waals surface area contributed by atoms with Gasteiger partial charge in [0.05, 0.1) is 6.54 Å². The minimum absolute atomic E-state index is 0.369. The normalized spacial score (nSPS) is 16.6. The van der Waals surface area contributed by atoms with Gasteiger partial charge >= 0.3 is 0 Å². The number of hydrogen-bond donors (Lipinski definition) is 2. The Hall–Kier alpha value is -1.12. The maximum Gasteiger partial charge on any atom is 0.252 e. The second-order valence-electron chi connectivity index (χ2n) is 6.65. The van der Waals surface area contributed by atoms with E-state index in [9.17, 15) is 8.42 Å². The molecule has 0 saturated heterocycles.